The highest BCUT2D eigenvalue weighted by Crippen LogP contribution is 2.25. The van der Waals surface area contributed by atoms with Gasteiger partial charge in [0.2, 0.25) is 0 Å². The van der Waals surface area contributed by atoms with Gasteiger partial charge >= 0.3 is 0 Å². The first-order valence-electron chi connectivity index (χ1n) is 3.58. The lowest BCUT2D eigenvalue weighted by molar-refractivity contribution is 0.150. The van der Waals surface area contributed by atoms with E-state index < -0.39 is 13.0 Å². The van der Waals surface area contributed by atoms with Gasteiger partial charge in [-0.1, -0.05) is 0 Å². The van der Waals surface area contributed by atoms with Crippen LogP contribution in [0.15, 0.2) is 6.07 Å². The first-order chi connectivity index (χ1) is 6.60. The van der Waals surface area contributed by atoms with Crippen molar-refractivity contribution in [1.29, 1.82) is 5.26 Å². The lowest BCUT2D eigenvalue weighted by atomic mass is 10.1. The Labute approximate surface area is 92.5 Å². The van der Waals surface area contributed by atoms with Crippen LogP contribution < -0.4 is 0 Å². The summed E-state index contributed by atoms with van der Waals surface area (Å²) >= 11 is 1.69. The summed E-state index contributed by atoms with van der Waals surface area (Å²) in [6, 6.07) is 2.71. The highest BCUT2D eigenvalue weighted by atomic mass is 127. The summed E-state index contributed by atoms with van der Waals surface area (Å²) in [5.41, 5.74) is -0.363. The number of hydrogen-bond acceptors (Lipinski definition) is 3. The van der Waals surface area contributed by atoms with E-state index >= 15 is 0 Å². The molecule has 0 aliphatic heterocycles. The van der Waals surface area contributed by atoms with Gasteiger partial charge in [-0.3, -0.25) is 0 Å². The number of aromatic nitrogens is 1. The minimum Gasteiger partial charge on any atom is -0.390 e. The van der Waals surface area contributed by atoms with Crippen molar-refractivity contribution in [2.24, 2.45) is 0 Å². The van der Waals surface area contributed by atoms with Gasteiger partial charge in [0.15, 0.2) is 0 Å². The smallest absolute Gasteiger partial charge is 0.265 e. The summed E-state index contributed by atoms with van der Waals surface area (Å²) < 4.78 is 25.1. The monoisotopic (exact) mass is 310 g/mol. The Hall–Kier alpha value is -0.810. The average molecular weight is 310 g/mol. The maximum atomic E-state index is 12.4. The van der Waals surface area contributed by atoms with Gasteiger partial charge < -0.3 is 5.11 Å². The number of rotatable bonds is 2. The number of pyridine rings is 1. The van der Waals surface area contributed by atoms with Crippen molar-refractivity contribution in [2.75, 3.05) is 0 Å². The van der Waals surface area contributed by atoms with Crippen LogP contribution in [0.5, 0.6) is 0 Å². The van der Waals surface area contributed by atoms with Crippen molar-refractivity contribution in [3.63, 3.8) is 0 Å². The van der Waals surface area contributed by atoms with E-state index in [9.17, 15) is 8.78 Å². The first-order valence-corrected chi connectivity index (χ1v) is 4.66. The Kier molecular flexibility index (Phi) is 3.71. The number of hydrogen-bond donors (Lipinski definition) is 1. The molecule has 1 rings (SSSR count). The van der Waals surface area contributed by atoms with Crippen molar-refractivity contribution in [3.05, 3.63) is 26.6 Å². The molecule has 0 fully saturated rings. The van der Waals surface area contributed by atoms with Crippen LogP contribution in [0, 0.1) is 15.0 Å². The first kappa shape index (κ1) is 11.3. The van der Waals surface area contributed by atoms with Crippen molar-refractivity contribution in [1.82, 2.24) is 4.98 Å². The SMILES string of the molecule is N#Cc1c(C(F)F)cc(CO)nc1I. The van der Waals surface area contributed by atoms with Gasteiger partial charge in [0.25, 0.3) is 6.43 Å². The fraction of sp³-hybridized carbons (Fsp3) is 0.250. The molecule has 1 aromatic heterocycles. The van der Waals surface area contributed by atoms with Crippen LogP contribution in [0.1, 0.15) is 23.2 Å². The van der Waals surface area contributed by atoms with E-state index in [-0.39, 0.29) is 20.5 Å². The second-order valence-electron chi connectivity index (χ2n) is 2.44. The van der Waals surface area contributed by atoms with E-state index in [0.29, 0.717) is 0 Å². The molecule has 1 heterocycles. The standard InChI is InChI=1S/C8H5F2IN2O/c9-7(10)5-1-4(3-14)13-8(11)6(5)2-12/h1,7,14H,3H2. The van der Waals surface area contributed by atoms with Gasteiger partial charge in [0.1, 0.15) is 9.77 Å². The maximum Gasteiger partial charge on any atom is 0.265 e. The number of halogens is 3. The van der Waals surface area contributed by atoms with Crippen molar-refractivity contribution >= 4 is 22.6 Å². The zero-order valence-electron chi connectivity index (χ0n) is 6.84. The fourth-order valence-electron chi connectivity index (χ4n) is 0.949. The minimum atomic E-state index is -2.73. The van der Waals surface area contributed by atoms with Crippen LogP contribution in [0.2, 0.25) is 0 Å². The van der Waals surface area contributed by atoms with Crippen LogP contribution in [-0.4, -0.2) is 10.1 Å². The number of nitrogens with zero attached hydrogens (tertiary/aromatic N) is 2. The Morgan fingerprint density at radius 3 is 2.71 bits per heavy atom. The molecule has 0 amide bonds. The predicted molar refractivity (Wildman–Crippen MR) is 52.5 cm³/mol. The van der Waals surface area contributed by atoms with E-state index in [0.717, 1.165) is 6.07 Å². The Morgan fingerprint density at radius 1 is 1.64 bits per heavy atom. The number of nitriles is 1. The van der Waals surface area contributed by atoms with E-state index in [1.807, 2.05) is 0 Å². The topological polar surface area (TPSA) is 56.9 Å². The second-order valence-corrected chi connectivity index (χ2v) is 3.46. The molecule has 14 heavy (non-hydrogen) atoms. The van der Waals surface area contributed by atoms with E-state index in [1.165, 1.54) is 0 Å². The van der Waals surface area contributed by atoms with Crippen molar-refractivity contribution in [3.8, 4) is 6.07 Å². The quantitative estimate of drug-likeness (QED) is 0.671. The van der Waals surface area contributed by atoms with E-state index in [1.54, 1.807) is 28.7 Å². The molecular formula is C8H5F2IN2O. The largest absolute Gasteiger partial charge is 0.390 e. The summed E-state index contributed by atoms with van der Waals surface area (Å²) in [4.78, 5) is 3.79. The third kappa shape index (κ3) is 2.16. The van der Waals surface area contributed by atoms with Crippen LogP contribution >= 0.6 is 22.6 Å². The third-order valence-corrected chi connectivity index (χ3v) is 2.35. The molecule has 0 radical (unpaired) electrons. The molecule has 0 spiro atoms. The molecule has 0 saturated carbocycles. The summed E-state index contributed by atoms with van der Waals surface area (Å²) in [6.07, 6.45) is -2.73. The number of aliphatic hydroxyl groups excluding tert-OH is 1. The normalized spacial score (nSPS) is 10.3. The van der Waals surface area contributed by atoms with Crippen molar-refractivity contribution < 1.29 is 13.9 Å². The summed E-state index contributed by atoms with van der Waals surface area (Å²) in [6.45, 7) is -0.415. The Morgan fingerprint density at radius 2 is 2.29 bits per heavy atom. The molecule has 0 aliphatic carbocycles. The van der Waals surface area contributed by atoms with Gasteiger partial charge in [0, 0.05) is 5.56 Å². The van der Waals surface area contributed by atoms with Gasteiger partial charge in [-0.05, 0) is 28.7 Å². The molecule has 3 nitrogen and oxygen atoms in total. The zero-order chi connectivity index (χ0) is 10.7. The third-order valence-electron chi connectivity index (χ3n) is 1.57. The molecule has 0 atom stereocenters. The molecule has 0 aliphatic rings. The second kappa shape index (κ2) is 4.61. The molecule has 6 heteroatoms. The lowest BCUT2D eigenvalue weighted by Gasteiger charge is -2.06. The Bertz CT molecular complexity index is 390. The molecule has 1 N–H and O–H groups in total. The predicted octanol–water partition coefficient (Wildman–Crippen LogP) is 1.99. The molecular weight excluding hydrogens is 305 g/mol. The van der Waals surface area contributed by atoms with Gasteiger partial charge in [-0.25, -0.2) is 13.8 Å². The summed E-state index contributed by atoms with van der Waals surface area (Å²) in [7, 11) is 0. The highest BCUT2D eigenvalue weighted by Gasteiger charge is 2.17. The van der Waals surface area contributed by atoms with E-state index in [2.05, 4.69) is 4.98 Å². The van der Waals surface area contributed by atoms with Gasteiger partial charge in [-0.2, -0.15) is 5.26 Å². The van der Waals surface area contributed by atoms with Crippen molar-refractivity contribution in [2.45, 2.75) is 13.0 Å². The van der Waals surface area contributed by atoms with Gasteiger partial charge in [0.05, 0.1) is 17.9 Å². The zero-order valence-corrected chi connectivity index (χ0v) is 8.99. The fourth-order valence-corrected chi connectivity index (χ4v) is 1.69. The van der Waals surface area contributed by atoms with Crippen LogP contribution in [0.25, 0.3) is 0 Å². The van der Waals surface area contributed by atoms with Crippen LogP contribution in [0.3, 0.4) is 0 Å². The molecule has 0 bridgehead atoms. The van der Waals surface area contributed by atoms with Crippen LogP contribution in [0.4, 0.5) is 8.78 Å². The molecule has 74 valence electrons. The number of aliphatic hydroxyl groups is 1. The van der Waals surface area contributed by atoms with Gasteiger partial charge in [-0.15, -0.1) is 0 Å². The molecule has 0 unspecified atom stereocenters. The van der Waals surface area contributed by atoms with Crippen LogP contribution in [-0.2, 0) is 6.61 Å². The van der Waals surface area contributed by atoms with E-state index in [4.69, 9.17) is 10.4 Å². The highest BCUT2D eigenvalue weighted by molar-refractivity contribution is 14.1. The molecule has 0 aromatic carbocycles. The minimum absolute atomic E-state index is 0.127. The number of alkyl halides is 2. The lowest BCUT2D eigenvalue weighted by Crippen LogP contribution is -2.01. The maximum absolute atomic E-state index is 12.4. The summed E-state index contributed by atoms with van der Waals surface area (Å²) in [5, 5.41) is 17.4. The average Bonchev–Trinajstić information content (AvgIpc) is 2.16. The Balaban J connectivity index is 3.37. The summed E-state index contributed by atoms with van der Waals surface area (Å²) in [5.74, 6) is 0. The molecule has 0 saturated heterocycles. The molecule has 1 aromatic rings.